The van der Waals surface area contributed by atoms with Gasteiger partial charge < -0.3 is 14.5 Å². The number of amides is 1. The molecule has 1 N–H and O–H groups in total. The Morgan fingerprint density at radius 3 is 2.58 bits per heavy atom. The van der Waals surface area contributed by atoms with E-state index in [0.29, 0.717) is 34.3 Å². The van der Waals surface area contributed by atoms with E-state index in [1.54, 1.807) is 18.3 Å². The van der Waals surface area contributed by atoms with Gasteiger partial charge in [0.05, 0.1) is 23.8 Å². The number of hydrogen-bond donors (Lipinski definition) is 1. The Bertz CT molecular complexity index is 1570. The van der Waals surface area contributed by atoms with Gasteiger partial charge in [0.1, 0.15) is 11.3 Å². The molecule has 182 valence electrons. The van der Waals surface area contributed by atoms with Gasteiger partial charge in [0, 0.05) is 24.7 Å². The summed E-state index contributed by atoms with van der Waals surface area (Å²) in [5.41, 5.74) is 1.91. The first-order valence-corrected chi connectivity index (χ1v) is 10.9. The molecule has 1 amide bonds. The molecule has 0 atom stereocenters. The van der Waals surface area contributed by atoms with Crippen LogP contribution in [0.2, 0.25) is 0 Å². The molecule has 0 saturated carbocycles. The van der Waals surface area contributed by atoms with E-state index in [0.717, 1.165) is 18.7 Å². The highest BCUT2D eigenvalue weighted by Crippen LogP contribution is 2.38. The number of ether oxygens (including phenoxy) is 1. The lowest BCUT2D eigenvalue weighted by Gasteiger charge is -2.16. The lowest BCUT2D eigenvalue weighted by atomic mass is 10.1. The number of para-hydroxylation sites is 1. The van der Waals surface area contributed by atoms with E-state index in [1.165, 1.54) is 12.1 Å². The van der Waals surface area contributed by atoms with Gasteiger partial charge in [0.15, 0.2) is 5.58 Å². The predicted octanol–water partition coefficient (Wildman–Crippen LogP) is 5.32. The molecule has 0 unspecified atom stereocenters. The van der Waals surface area contributed by atoms with E-state index in [4.69, 9.17) is 9.15 Å². The lowest BCUT2D eigenvalue weighted by molar-refractivity contribution is -0.138. The molecule has 10 heteroatoms. The summed E-state index contributed by atoms with van der Waals surface area (Å²) in [5.74, 6) is -1.13. The molecule has 0 fully saturated rings. The maximum atomic E-state index is 13.3. The summed E-state index contributed by atoms with van der Waals surface area (Å²) in [4.78, 5) is 26.1. The van der Waals surface area contributed by atoms with E-state index < -0.39 is 17.6 Å². The van der Waals surface area contributed by atoms with Crippen molar-refractivity contribution in [3.05, 3.63) is 95.1 Å². The molecule has 0 aliphatic rings. The fraction of sp³-hybridized carbons (Fsp3) is 0.154. The van der Waals surface area contributed by atoms with Gasteiger partial charge in [0.2, 0.25) is 11.5 Å². The molecular weight excluding hydrogens is 473 g/mol. The number of halogens is 3. The lowest BCUT2D eigenvalue weighted by Crippen LogP contribution is -2.26. The fourth-order valence-corrected chi connectivity index (χ4v) is 3.99. The molecule has 3 heterocycles. The van der Waals surface area contributed by atoms with Crippen molar-refractivity contribution in [2.45, 2.75) is 19.1 Å². The zero-order chi connectivity index (χ0) is 25.3. The number of nitrogens with zero attached hydrogens (tertiary/aromatic N) is 3. The van der Waals surface area contributed by atoms with Crippen molar-refractivity contribution in [2.24, 2.45) is 0 Å². The molecular formula is C26H19F3N4O3. The van der Waals surface area contributed by atoms with Crippen LogP contribution in [0.5, 0.6) is 5.75 Å². The van der Waals surface area contributed by atoms with Gasteiger partial charge in [0.25, 0.3) is 5.91 Å². The van der Waals surface area contributed by atoms with Gasteiger partial charge in [-0.1, -0.05) is 42.5 Å². The summed E-state index contributed by atoms with van der Waals surface area (Å²) in [6, 6.07) is 16.7. The molecule has 5 rings (SSSR count). The Balaban J connectivity index is 1.51. The zero-order valence-electron chi connectivity index (χ0n) is 19.0. The van der Waals surface area contributed by atoms with Gasteiger partial charge in [-0.15, -0.1) is 0 Å². The van der Waals surface area contributed by atoms with Crippen molar-refractivity contribution in [1.29, 1.82) is 0 Å². The number of alkyl halides is 3. The Labute approximate surface area is 203 Å². The molecule has 0 radical (unpaired) electrons. The van der Waals surface area contributed by atoms with Crippen LogP contribution in [-0.2, 0) is 19.1 Å². The van der Waals surface area contributed by atoms with Crippen LogP contribution in [0.25, 0.3) is 22.2 Å². The molecule has 5 aromatic rings. The Morgan fingerprint density at radius 1 is 1.03 bits per heavy atom. The topological polar surface area (TPSA) is 90.1 Å². The molecule has 7 nitrogen and oxygen atoms in total. The summed E-state index contributed by atoms with van der Waals surface area (Å²) >= 11 is 0. The van der Waals surface area contributed by atoms with E-state index in [9.17, 15) is 18.0 Å². The van der Waals surface area contributed by atoms with Crippen LogP contribution >= 0.6 is 0 Å². The number of rotatable bonds is 6. The quantitative estimate of drug-likeness (QED) is 0.345. The molecule has 0 aliphatic carbocycles. The SMILES string of the molecule is COc1c(CNC(=O)c2nc(Cc3ccccc3)c3oc4ncccc4c3n2)cccc1C(F)(F)F. The number of aromatic nitrogens is 3. The number of methoxy groups -OCH3 is 1. The van der Waals surface area contributed by atoms with Crippen LogP contribution < -0.4 is 10.1 Å². The molecule has 2 aromatic carbocycles. The van der Waals surface area contributed by atoms with E-state index in [1.807, 2.05) is 30.3 Å². The average Bonchev–Trinajstić information content (AvgIpc) is 3.26. The first-order chi connectivity index (χ1) is 17.3. The smallest absolute Gasteiger partial charge is 0.419 e. The Hall–Kier alpha value is -4.47. The monoisotopic (exact) mass is 492 g/mol. The first kappa shape index (κ1) is 23.3. The molecule has 0 aliphatic heterocycles. The molecule has 0 bridgehead atoms. The van der Waals surface area contributed by atoms with Crippen LogP contribution in [0.15, 0.2) is 71.3 Å². The van der Waals surface area contributed by atoms with Gasteiger partial charge in [-0.25, -0.2) is 15.0 Å². The predicted molar refractivity (Wildman–Crippen MR) is 126 cm³/mol. The normalized spacial score (nSPS) is 11.7. The summed E-state index contributed by atoms with van der Waals surface area (Å²) in [6.45, 7) is -0.213. The van der Waals surface area contributed by atoms with Gasteiger partial charge in [-0.2, -0.15) is 13.2 Å². The number of carbonyl (C=O) groups excluding carboxylic acids is 1. The van der Waals surface area contributed by atoms with Crippen LogP contribution in [0.1, 0.15) is 33.0 Å². The molecule has 3 aromatic heterocycles. The van der Waals surface area contributed by atoms with Crippen molar-refractivity contribution in [3.63, 3.8) is 0 Å². The van der Waals surface area contributed by atoms with Crippen LogP contribution in [0, 0.1) is 0 Å². The second-order valence-corrected chi connectivity index (χ2v) is 7.97. The van der Waals surface area contributed by atoms with Gasteiger partial charge in [-0.05, 0) is 23.8 Å². The third kappa shape index (κ3) is 4.45. The van der Waals surface area contributed by atoms with E-state index in [2.05, 4.69) is 20.3 Å². The number of furan rings is 1. The van der Waals surface area contributed by atoms with Gasteiger partial charge >= 0.3 is 6.18 Å². The largest absolute Gasteiger partial charge is 0.496 e. The summed E-state index contributed by atoms with van der Waals surface area (Å²) < 4.78 is 50.9. The third-order valence-corrected chi connectivity index (χ3v) is 5.62. The third-order valence-electron chi connectivity index (χ3n) is 5.62. The number of carbonyl (C=O) groups is 1. The van der Waals surface area contributed by atoms with Crippen molar-refractivity contribution in [2.75, 3.05) is 7.11 Å². The summed E-state index contributed by atoms with van der Waals surface area (Å²) in [7, 11) is 1.15. The second kappa shape index (κ2) is 9.29. The minimum Gasteiger partial charge on any atom is -0.496 e. The fourth-order valence-electron chi connectivity index (χ4n) is 3.99. The van der Waals surface area contributed by atoms with Gasteiger partial charge in [-0.3, -0.25) is 4.79 Å². The Kier molecular flexibility index (Phi) is 6.01. The number of benzene rings is 2. The van der Waals surface area contributed by atoms with Crippen molar-refractivity contribution in [1.82, 2.24) is 20.3 Å². The van der Waals surface area contributed by atoms with Crippen LogP contribution in [-0.4, -0.2) is 28.0 Å². The first-order valence-electron chi connectivity index (χ1n) is 10.9. The van der Waals surface area contributed by atoms with Crippen molar-refractivity contribution >= 4 is 28.1 Å². The molecule has 0 spiro atoms. The van der Waals surface area contributed by atoms with E-state index in [-0.39, 0.29) is 23.7 Å². The number of pyridine rings is 1. The second-order valence-electron chi connectivity index (χ2n) is 7.97. The number of fused-ring (bicyclic) bond motifs is 3. The van der Waals surface area contributed by atoms with Crippen LogP contribution in [0.3, 0.4) is 0 Å². The van der Waals surface area contributed by atoms with Crippen molar-refractivity contribution in [3.8, 4) is 5.75 Å². The molecule has 36 heavy (non-hydrogen) atoms. The van der Waals surface area contributed by atoms with Crippen LogP contribution in [0.4, 0.5) is 13.2 Å². The highest BCUT2D eigenvalue weighted by Gasteiger charge is 2.35. The minimum atomic E-state index is -4.60. The highest BCUT2D eigenvalue weighted by molar-refractivity contribution is 6.03. The summed E-state index contributed by atoms with van der Waals surface area (Å²) in [5, 5.41) is 3.23. The standard InChI is InChI=1S/C26H19F3N4O3/c1-35-21-16(9-5-11-18(21)26(27,28)29)14-31-24(34)23-32-19(13-15-7-3-2-4-8-15)22-20(33-23)17-10-6-12-30-25(17)36-22/h2-12H,13-14H2,1H3,(H,31,34). The minimum absolute atomic E-state index is 0.133. The Morgan fingerprint density at radius 2 is 1.83 bits per heavy atom. The van der Waals surface area contributed by atoms with Crippen molar-refractivity contribution < 1.29 is 27.1 Å². The average molecular weight is 492 g/mol. The molecule has 0 saturated heterocycles. The number of nitrogens with one attached hydrogen (secondary N) is 1. The summed E-state index contributed by atoms with van der Waals surface area (Å²) in [6.07, 6.45) is -2.63. The highest BCUT2D eigenvalue weighted by atomic mass is 19.4. The zero-order valence-corrected chi connectivity index (χ0v) is 19.0. The van der Waals surface area contributed by atoms with E-state index >= 15 is 0 Å². The number of hydrogen-bond acceptors (Lipinski definition) is 6. The maximum Gasteiger partial charge on any atom is 0.419 e. The maximum absolute atomic E-state index is 13.3.